The Morgan fingerprint density at radius 1 is 1.29 bits per heavy atom. The topological polar surface area (TPSA) is 37.3 Å². The summed E-state index contributed by atoms with van der Waals surface area (Å²) in [6.07, 6.45) is 12.0. The van der Waals surface area contributed by atoms with Gasteiger partial charge in [-0.3, -0.25) is 4.79 Å². The van der Waals surface area contributed by atoms with E-state index in [4.69, 9.17) is 0 Å². The predicted molar refractivity (Wildman–Crippen MR) is 98.7 cm³/mol. The fourth-order valence-corrected chi connectivity index (χ4v) is 6.60. The number of carbonyl (C=O) groups is 1. The number of rotatable bonds is 4. The van der Waals surface area contributed by atoms with Gasteiger partial charge >= 0.3 is 5.97 Å². The van der Waals surface area contributed by atoms with Gasteiger partial charge in [0.15, 0.2) is 0 Å². The van der Waals surface area contributed by atoms with Crippen LogP contribution in [0.1, 0.15) is 72.6 Å². The van der Waals surface area contributed by atoms with E-state index in [1.807, 2.05) is 0 Å². The Morgan fingerprint density at radius 2 is 2.00 bits per heavy atom. The number of allylic oxidation sites excluding steroid dienone is 3. The van der Waals surface area contributed by atoms with E-state index in [0.29, 0.717) is 35.0 Å². The first-order valence-electron chi connectivity index (χ1n) is 9.66. The zero-order valence-electron chi connectivity index (χ0n) is 15.9. The molecule has 134 valence electrons. The van der Waals surface area contributed by atoms with Crippen LogP contribution in [0.4, 0.5) is 0 Å². The van der Waals surface area contributed by atoms with Crippen LogP contribution >= 0.6 is 0 Å². The predicted octanol–water partition coefficient (Wildman–Crippen LogP) is 5.84. The molecule has 6 atom stereocenters. The maximum atomic E-state index is 11.3. The monoisotopic (exact) mass is 330 g/mol. The molecule has 0 aromatic rings. The van der Waals surface area contributed by atoms with Gasteiger partial charge in [0.25, 0.3) is 0 Å². The van der Waals surface area contributed by atoms with Crippen LogP contribution in [-0.4, -0.2) is 11.1 Å². The van der Waals surface area contributed by atoms with Crippen molar-refractivity contribution < 1.29 is 9.90 Å². The van der Waals surface area contributed by atoms with E-state index in [0.717, 1.165) is 12.8 Å². The number of hydrogen-bond acceptors (Lipinski definition) is 1. The number of carboxylic acid groups (broad SMARTS) is 1. The zero-order chi connectivity index (χ0) is 17.8. The Hall–Kier alpha value is -1.05. The fraction of sp³-hybridized carbons (Fsp3) is 0.773. The van der Waals surface area contributed by atoms with Gasteiger partial charge in [-0.15, -0.1) is 0 Å². The molecule has 2 saturated carbocycles. The van der Waals surface area contributed by atoms with E-state index >= 15 is 0 Å². The van der Waals surface area contributed by atoms with E-state index < -0.39 is 5.97 Å². The molecule has 2 fully saturated rings. The minimum absolute atomic E-state index is 0.125. The maximum absolute atomic E-state index is 11.3. The Morgan fingerprint density at radius 3 is 2.62 bits per heavy atom. The molecule has 3 aliphatic carbocycles. The SMILES string of the molecule is C=C(C)C1CCC2(C)C(C1)C(C)(CCC(=O)O)CC1C=CCC12C. The summed E-state index contributed by atoms with van der Waals surface area (Å²) in [4.78, 5) is 11.3. The van der Waals surface area contributed by atoms with E-state index in [1.54, 1.807) is 0 Å². The highest BCUT2D eigenvalue weighted by Gasteiger charge is 2.63. The number of fused-ring (bicyclic) bond motifs is 3. The third kappa shape index (κ3) is 2.48. The van der Waals surface area contributed by atoms with Crippen LogP contribution in [0.2, 0.25) is 0 Å². The van der Waals surface area contributed by atoms with Gasteiger partial charge in [0.05, 0.1) is 0 Å². The Balaban J connectivity index is 1.98. The standard InChI is InChI=1S/C22H34O2/c1-15(2)16-8-12-22(5)18(13-16)20(3,11-9-19(23)24)14-17-7-6-10-21(17,22)4/h6-7,16-18H,1,8-14H2,2-5H3,(H,23,24). The van der Waals surface area contributed by atoms with Gasteiger partial charge in [0.1, 0.15) is 0 Å². The molecule has 0 amide bonds. The lowest BCUT2D eigenvalue weighted by Crippen LogP contribution is -2.58. The molecular weight excluding hydrogens is 296 g/mol. The van der Waals surface area contributed by atoms with Gasteiger partial charge in [0.2, 0.25) is 0 Å². The molecule has 2 nitrogen and oxygen atoms in total. The Kier molecular flexibility index (Phi) is 4.25. The van der Waals surface area contributed by atoms with E-state index in [-0.39, 0.29) is 5.41 Å². The molecule has 0 spiro atoms. The summed E-state index contributed by atoms with van der Waals surface area (Å²) in [6, 6.07) is 0. The van der Waals surface area contributed by atoms with E-state index in [2.05, 4.69) is 46.4 Å². The van der Waals surface area contributed by atoms with Gasteiger partial charge in [0, 0.05) is 6.42 Å². The largest absolute Gasteiger partial charge is 0.481 e. The minimum atomic E-state index is -0.652. The molecule has 0 saturated heterocycles. The van der Waals surface area contributed by atoms with Crippen molar-refractivity contribution in [2.75, 3.05) is 0 Å². The van der Waals surface area contributed by atoms with Gasteiger partial charge in [-0.2, -0.15) is 0 Å². The summed E-state index contributed by atoms with van der Waals surface area (Å²) in [5.74, 6) is 1.17. The van der Waals surface area contributed by atoms with Crippen molar-refractivity contribution in [2.45, 2.75) is 72.6 Å². The normalized spacial score (nSPS) is 47.1. The molecular formula is C22H34O2. The summed E-state index contributed by atoms with van der Waals surface area (Å²) in [6.45, 7) is 13.8. The number of carboxylic acids is 1. The third-order valence-corrected chi connectivity index (χ3v) is 8.47. The number of aliphatic carboxylic acids is 1. The van der Waals surface area contributed by atoms with E-state index in [9.17, 15) is 9.90 Å². The second kappa shape index (κ2) is 5.75. The van der Waals surface area contributed by atoms with Crippen molar-refractivity contribution in [3.8, 4) is 0 Å². The highest BCUT2D eigenvalue weighted by Crippen LogP contribution is 2.71. The van der Waals surface area contributed by atoms with Crippen LogP contribution in [0.25, 0.3) is 0 Å². The third-order valence-electron chi connectivity index (χ3n) is 8.47. The Bertz CT molecular complexity index is 577. The molecule has 3 rings (SSSR count). The molecule has 3 aliphatic rings. The van der Waals surface area contributed by atoms with Crippen LogP contribution in [-0.2, 0) is 4.79 Å². The molecule has 0 radical (unpaired) electrons. The number of hydrogen-bond donors (Lipinski definition) is 1. The van der Waals surface area contributed by atoms with Crippen LogP contribution < -0.4 is 0 Å². The van der Waals surface area contributed by atoms with Crippen molar-refractivity contribution >= 4 is 5.97 Å². The van der Waals surface area contributed by atoms with E-state index in [1.165, 1.54) is 31.3 Å². The molecule has 6 unspecified atom stereocenters. The molecule has 0 aromatic heterocycles. The molecule has 0 heterocycles. The highest BCUT2D eigenvalue weighted by molar-refractivity contribution is 5.66. The zero-order valence-corrected chi connectivity index (χ0v) is 15.9. The first kappa shape index (κ1) is 17.8. The fourth-order valence-electron chi connectivity index (χ4n) is 6.60. The summed E-state index contributed by atoms with van der Waals surface area (Å²) >= 11 is 0. The van der Waals surface area contributed by atoms with Gasteiger partial charge in [-0.25, -0.2) is 0 Å². The van der Waals surface area contributed by atoms with Gasteiger partial charge in [-0.05, 0) is 79.4 Å². The van der Waals surface area contributed by atoms with Crippen molar-refractivity contribution in [1.82, 2.24) is 0 Å². The highest BCUT2D eigenvalue weighted by atomic mass is 16.4. The Labute approximate surface area is 147 Å². The van der Waals surface area contributed by atoms with Gasteiger partial charge in [-0.1, -0.05) is 45.1 Å². The quantitative estimate of drug-likeness (QED) is 0.657. The van der Waals surface area contributed by atoms with Crippen molar-refractivity contribution in [3.63, 3.8) is 0 Å². The van der Waals surface area contributed by atoms with Crippen molar-refractivity contribution in [2.24, 2.45) is 34.0 Å². The first-order valence-corrected chi connectivity index (χ1v) is 9.66. The summed E-state index contributed by atoms with van der Waals surface area (Å²) in [5.41, 5.74) is 2.09. The van der Waals surface area contributed by atoms with Crippen LogP contribution in [0.15, 0.2) is 24.3 Å². The minimum Gasteiger partial charge on any atom is -0.481 e. The molecule has 2 heteroatoms. The second-order valence-corrected chi connectivity index (χ2v) is 9.70. The average Bonchev–Trinajstić information content (AvgIpc) is 2.88. The smallest absolute Gasteiger partial charge is 0.303 e. The lowest BCUT2D eigenvalue weighted by atomic mass is 9.39. The van der Waals surface area contributed by atoms with Crippen molar-refractivity contribution in [1.29, 1.82) is 0 Å². The van der Waals surface area contributed by atoms with Crippen LogP contribution in [0, 0.1) is 34.0 Å². The molecule has 1 N–H and O–H groups in total. The summed E-state index contributed by atoms with van der Waals surface area (Å²) in [5, 5.41) is 9.27. The molecule has 24 heavy (non-hydrogen) atoms. The average molecular weight is 331 g/mol. The first-order chi connectivity index (χ1) is 11.1. The summed E-state index contributed by atoms with van der Waals surface area (Å²) < 4.78 is 0. The molecule has 0 bridgehead atoms. The van der Waals surface area contributed by atoms with Crippen LogP contribution in [0.5, 0.6) is 0 Å². The lowest BCUT2D eigenvalue weighted by molar-refractivity contribution is -0.164. The van der Waals surface area contributed by atoms with Crippen LogP contribution in [0.3, 0.4) is 0 Å². The lowest BCUT2D eigenvalue weighted by Gasteiger charge is -2.66. The maximum Gasteiger partial charge on any atom is 0.303 e. The summed E-state index contributed by atoms with van der Waals surface area (Å²) in [7, 11) is 0. The molecule has 0 aromatic carbocycles. The van der Waals surface area contributed by atoms with Crippen molar-refractivity contribution in [3.05, 3.63) is 24.3 Å². The second-order valence-electron chi connectivity index (χ2n) is 9.70. The van der Waals surface area contributed by atoms with Gasteiger partial charge < -0.3 is 5.11 Å². The molecule has 0 aliphatic heterocycles.